The lowest BCUT2D eigenvalue weighted by molar-refractivity contribution is 0.0790. The number of hydrogen-bond acceptors (Lipinski definition) is 3. The Kier molecular flexibility index (Phi) is 4.00. The fraction of sp³-hybridized carbons (Fsp3) is 0.474. The number of carbonyl (C=O) groups is 1. The van der Waals surface area contributed by atoms with Crippen LogP contribution in [-0.2, 0) is 0 Å². The van der Waals surface area contributed by atoms with Gasteiger partial charge in [-0.2, -0.15) is 5.10 Å². The number of amides is 1. The van der Waals surface area contributed by atoms with Gasteiger partial charge >= 0.3 is 0 Å². The van der Waals surface area contributed by atoms with Crippen LogP contribution in [-0.4, -0.2) is 47.2 Å². The summed E-state index contributed by atoms with van der Waals surface area (Å²) >= 11 is 0. The number of likely N-dealkylation sites (tertiary alicyclic amines) is 1. The molecule has 1 aromatic heterocycles. The minimum absolute atomic E-state index is 0.141. The summed E-state index contributed by atoms with van der Waals surface area (Å²) in [5, 5.41) is 7.20. The summed E-state index contributed by atoms with van der Waals surface area (Å²) in [5.41, 5.74) is 4.38. The Bertz CT molecular complexity index is 715. The van der Waals surface area contributed by atoms with Crippen molar-refractivity contribution in [1.82, 2.24) is 15.1 Å². The van der Waals surface area contributed by atoms with Crippen molar-refractivity contribution in [3.8, 4) is 0 Å². The minimum atomic E-state index is 0.141. The van der Waals surface area contributed by atoms with Crippen molar-refractivity contribution in [3.05, 3.63) is 47.3 Å². The third kappa shape index (κ3) is 2.79. The molecule has 0 aliphatic carbocycles. The van der Waals surface area contributed by atoms with Crippen molar-refractivity contribution in [2.75, 3.05) is 31.1 Å². The molecule has 2 fully saturated rings. The molecular weight excluding hydrogens is 300 g/mol. The van der Waals surface area contributed by atoms with Crippen molar-refractivity contribution >= 4 is 11.6 Å². The summed E-state index contributed by atoms with van der Waals surface area (Å²) in [5.74, 6) is 0.517. The van der Waals surface area contributed by atoms with E-state index in [1.165, 1.54) is 29.8 Å². The number of aryl methyl sites for hydroxylation is 1. The number of aromatic nitrogens is 2. The summed E-state index contributed by atoms with van der Waals surface area (Å²) < 4.78 is 0. The molecule has 1 amide bonds. The molecule has 2 aliphatic heterocycles. The molecule has 5 heteroatoms. The summed E-state index contributed by atoms with van der Waals surface area (Å²) in [4.78, 5) is 17.1. The zero-order valence-corrected chi connectivity index (χ0v) is 14.2. The molecule has 2 aromatic rings. The molecule has 5 nitrogen and oxygen atoms in total. The quantitative estimate of drug-likeness (QED) is 0.944. The average molecular weight is 324 g/mol. The van der Waals surface area contributed by atoms with Crippen molar-refractivity contribution in [2.45, 2.75) is 32.1 Å². The predicted octanol–water partition coefficient (Wildman–Crippen LogP) is 2.95. The monoisotopic (exact) mass is 324 g/mol. The first-order valence-corrected chi connectivity index (χ1v) is 8.86. The second-order valence-electron chi connectivity index (χ2n) is 6.94. The molecule has 0 radical (unpaired) electrons. The van der Waals surface area contributed by atoms with Gasteiger partial charge in [-0.3, -0.25) is 9.89 Å². The molecule has 3 heterocycles. The van der Waals surface area contributed by atoms with Crippen molar-refractivity contribution in [1.29, 1.82) is 0 Å². The molecule has 2 aliphatic rings. The van der Waals surface area contributed by atoms with Crippen LogP contribution in [0.2, 0.25) is 0 Å². The fourth-order valence-electron chi connectivity index (χ4n) is 3.92. The predicted molar refractivity (Wildman–Crippen MR) is 94.5 cm³/mol. The molecular formula is C19H24N4O. The lowest BCUT2D eigenvalue weighted by Crippen LogP contribution is -2.28. The molecule has 0 bridgehead atoms. The number of H-pyrrole nitrogens is 1. The molecule has 0 unspecified atom stereocenters. The lowest BCUT2D eigenvalue weighted by Gasteiger charge is -2.19. The smallest absolute Gasteiger partial charge is 0.253 e. The van der Waals surface area contributed by atoms with E-state index in [0.717, 1.165) is 38.2 Å². The van der Waals surface area contributed by atoms with E-state index in [0.29, 0.717) is 5.92 Å². The zero-order valence-electron chi connectivity index (χ0n) is 14.2. The highest BCUT2D eigenvalue weighted by atomic mass is 16.2. The third-order valence-electron chi connectivity index (χ3n) is 5.34. The molecule has 24 heavy (non-hydrogen) atoms. The Labute approximate surface area is 142 Å². The normalized spacial score (nSPS) is 20.8. The van der Waals surface area contributed by atoms with Gasteiger partial charge < -0.3 is 9.80 Å². The van der Waals surface area contributed by atoms with E-state index in [9.17, 15) is 4.79 Å². The maximum absolute atomic E-state index is 12.8. The Morgan fingerprint density at radius 2 is 1.92 bits per heavy atom. The van der Waals surface area contributed by atoms with E-state index in [4.69, 9.17) is 0 Å². The SMILES string of the molecule is Cc1cn[nH]c1[C@H]1CCN(C(=O)c2ccc(N3CCCC3)cc2)C1. The van der Waals surface area contributed by atoms with Gasteiger partial charge in [0.15, 0.2) is 0 Å². The van der Waals surface area contributed by atoms with E-state index in [1.807, 2.05) is 23.2 Å². The Morgan fingerprint density at radius 1 is 1.17 bits per heavy atom. The third-order valence-corrected chi connectivity index (χ3v) is 5.34. The maximum Gasteiger partial charge on any atom is 0.253 e. The van der Waals surface area contributed by atoms with Crippen LogP contribution in [0.3, 0.4) is 0 Å². The summed E-state index contributed by atoms with van der Waals surface area (Å²) in [6.45, 7) is 5.92. The van der Waals surface area contributed by atoms with E-state index in [-0.39, 0.29) is 5.91 Å². The molecule has 4 rings (SSSR count). The molecule has 2 saturated heterocycles. The Morgan fingerprint density at radius 3 is 2.58 bits per heavy atom. The van der Waals surface area contributed by atoms with Gasteiger partial charge in [0.1, 0.15) is 0 Å². The highest BCUT2D eigenvalue weighted by Crippen LogP contribution is 2.29. The second-order valence-corrected chi connectivity index (χ2v) is 6.94. The number of aromatic amines is 1. The number of hydrogen-bond donors (Lipinski definition) is 1. The van der Waals surface area contributed by atoms with Gasteiger partial charge in [0.05, 0.1) is 6.20 Å². The van der Waals surface area contributed by atoms with Crippen molar-refractivity contribution in [2.24, 2.45) is 0 Å². The first kappa shape index (κ1) is 15.2. The molecule has 0 spiro atoms. The number of anilines is 1. The largest absolute Gasteiger partial charge is 0.372 e. The van der Waals surface area contributed by atoms with Crippen LogP contribution in [0.5, 0.6) is 0 Å². The Balaban J connectivity index is 1.43. The summed E-state index contributed by atoms with van der Waals surface area (Å²) in [6.07, 6.45) is 5.39. The van der Waals surface area contributed by atoms with Crippen LogP contribution in [0.15, 0.2) is 30.5 Å². The highest BCUT2D eigenvalue weighted by Gasteiger charge is 2.29. The fourth-order valence-corrected chi connectivity index (χ4v) is 3.92. The van der Waals surface area contributed by atoms with E-state index in [2.05, 4.69) is 34.2 Å². The minimum Gasteiger partial charge on any atom is -0.372 e. The van der Waals surface area contributed by atoms with Crippen molar-refractivity contribution < 1.29 is 4.79 Å². The molecule has 0 saturated carbocycles. The molecule has 1 atom stereocenters. The van der Waals surface area contributed by atoms with Gasteiger partial charge in [-0.1, -0.05) is 0 Å². The van der Waals surface area contributed by atoms with E-state index >= 15 is 0 Å². The van der Waals surface area contributed by atoms with Crippen LogP contribution in [0.25, 0.3) is 0 Å². The topological polar surface area (TPSA) is 52.2 Å². The number of benzene rings is 1. The van der Waals surface area contributed by atoms with Crippen molar-refractivity contribution in [3.63, 3.8) is 0 Å². The number of rotatable bonds is 3. The summed E-state index contributed by atoms with van der Waals surface area (Å²) in [6, 6.07) is 8.13. The summed E-state index contributed by atoms with van der Waals surface area (Å²) in [7, 11) is 0. The van der Waals surface area contributed by atoms with Gasteiger partial charge in [0, 0.05) is 49.0 Å². The second kappa shape index (κ2) is 6.30. The lowest BCUT2D eigenvalue weighted by atomic mass is 10.0. The maximum atomic E-state index is 12.8. The Hall–Kier alpha value is -2.30. The van der Waals surface area contributed by atoms with Crippen LogP contribution >= 0.6 is 0 Å². The first-order chi connectivity index (χ1) is 11.7. The molecule has 1 N–H and O–H groups in total. The van der Waals surface area contributed by atoms with Gasteiger partial charge in [0.25, 0.3) is 5.91 Å². The molecule has 126 valence electrons. The van der Waals surface area contributed by atoms with Gasteiger partial charge in [-0.05, 0) is 56.0 Å². The first-order valence-electron chi connectivity index (χ1n) is 8.86. The number of nitrogens with one attached hydrogen (secondary N) is 1. The van der Waals surface area contributed by atoms with Crippen LogP contribution in [0.1, 0.15) is 46.8 Å². The van der Waals surface area contributed by atoms with Gasteiger partial charge in [0.2, 0.25) is 0 Å². The van der Waals surface area contributed by atoms with Crippen LogP contribution < -0.4 is 4.90 Å². The molecule has 1 aromatic carbocycles. The average Bonchev–Trinajstić information content (AvgIpc) is 3.35. The zero-order chi connectivity index (χ0) is 16.5. The van der Waals surface area contributed by atoms with Crippen LogP contribution in [0.4, 0.5) is 5.69 Å². The van der Waals surface area contributed by atoms with Gasteiger partial charge in [-0.25, -0.2) is 0 Å². The number of carbonyl (C=O) groups excluding carboxylic acids is 1. The highest BCUT2D eigenvalue weighted by molar-refractivity contribution is 5.94. The van der Waals surface area contributed by atoms with Crippen LogP contribution in [0, 0.1) is 6.92 Å². The van der Waals surface area contributed by atoms with Gasteiger partial charge in [-0.15, -0.1) is 0 Å². The van der Waals surface area contributed by atoms with E-state index < -0.39 is 0 Å². The number of nitrogens with zero attached hydrogens (tertiary/aromatic N) is 3. The van der Waals surface area contributed by atoms with E-state index in [1.54, 1.807) is 0 Å². The standard InChI is InChI=1S/C19H24N4O/c1-14-12-20-21-18(14)16-8-11-23(13-16)19(24)15-4-6-17(7-5-15)22-9-2-3-10-22/h4-7,12,16H,2-3,8-11,13H2,1H3,(H,20,21)/t16-/m0/s1.